The standard InChI is InChI=1S/C16H16N4/c1-10-11(2)19-16(20-15(10)17-3)13-8-9-18-14-7-5-4-6-12(13)14/h4-9H,1-3H3,(H,17,19,20). The number of aromatic nitrogens is 3. The van der Waals surface area contributed by atoms with E-state index in [1.807, 2.05) is 45.2 Å². The third-order valence-corrected chi connectivity index (χ3v) is 3.52. The molecule has 4 nitrogen and oxygen atoms in total. The van der Waals surface area contributed by atoms with E-state index in [9.17, 15) is 0 Å². The van der Waals surface area contributed by atoms with Gasteiger partial charge in [0.25, 0.3) is 0 Å². The molecular weight excluding hydrogens is 248 g/mol. The molecule has 0 aliphatic rings. The van der Waals surface area contributed by atoms with Gasteiger partial charge < -0.3 is 5.32 Å². The summed E-state index contributed by atoms with van der Waals surface area (Å²) in [4.78, 5) is 13.6. The first kappa shape index (κ1) is 12.5. The number of nitrogens with one attached hydrogen (secondary N) is 1. The van der Waals surface area contributed by atoms with Crippen LogP contribution in [0.3, 0.4) is 0 Å². The first-order chi connectivity index (χ1) is 9.70. The molecule has 3 aromatic rings. The van der Waals surface area contributed by atoms with Crippen molar-refractivity contribution in [2.75, 3.05) is 12.4 Å². The summed E-state index contributed by atoms with van der Waals surface area (Å²) in [6, 6.07) is 10.0. The molecule has 0 spiro atoms. The van der Waals surface area contributed by atoms with Crippen LogP contribution in [-0.4, -0.2) is 22.0 Å². The van der Waals surface area contributed by atoms with E-state index in [1.54, 1.807) is 6.20 Å². The van der Waals surface area contributed by atoms with Crippen LogP contribution >= 0.6 is 0 Å². The maximum atomic E-state index is 4.62. The minimum atomic E-state index is 0.732. The van der Waals surface area contributed by atoms with Crippen molar-refractivity contribution in [3.05, 3.63) is 47.8 Å². The van der Waals surface area contributed by atoms with Gasteiger partial charge >= 0.3 is 0 Å². The van der Waals surface area contributed by atoms with Crippen molar-refractivity contribution in [2.45, 2.75) is 13.8 Å². The Hall–Kier alpha value is -2.49. The molecule has 4 heteroatoms. The fourth-order valence-electron chi connectivity index (χ4n) is 2.28. The smallest absolute Gasteiger partial charge is 0.162 e. The quantitative estimate of drug-likeness (QED) is 0.771. The predicted octanol–water partition coefficient (Wildman–Crippen LogP) is 3.35. The van der Waals surface area contributed by atoms with Crippen LogP contribution in [0.1, 0.15) is 11.3 Å². The Morgan fingerprint density at radius 3 is 2.60 bits per heavy atom. The Labute approximate surface area is 117 Å². The van der Waals surface area contributed by atoms with Crippen molar-refractivity contribution in [3.8, 4) is 11.4 Å². The van der Waals surface area contributed by atoms with E-state index in [4.69, 9.17) is 0 Å². The van der Waals surface area contributed by atoms with Crippen LogP contribution in [-0.2, 0) is 0 Å². The highest BCUT2D eigenvalue weighted by molar-refractivity contribution is 5.92. The first-order valence-electron chi connectivity index (χ1n) is 6.58. The monoisotopic (exact) mass is 264 g/mol. The molecule has 0 atom stereocenters. The van der Waals surface area contributed by atoms with Gasteiger partial charge in [-0.05, 0) is 26.0 Å². The van der Waals surface area contributed by atoms with E-state index in [2.05, 4.69) is 26.3 Å². The summed E-state index contributed by atoms with van der Waals surface area (Å²) in [6.45, 7) is 4.03. The number of pyridine rings is 1. The van der Waals surface area contributed by atoms with Gasteiger partial charge in [-0.2, -0.15) is 0 Å². The van der Waals surface area contributed by atoms with Crippen molar-refractivity contribution in [3.63, 3.8) is 0 Å². The molecule has 0 saturated carbocycles. The minimum Gasteiger partial charge on any atom is -0.373 e. The molecule has 1 aromatic carbocycles. The van der Waals surface area contributed by atoms with Crippen LogP contribution in [0.15, 0.2) is 36.5 Å². The molecule has 0 aliphatic carbocycles. The van der Waals surface area contributed by atoms with Gasteiger partial charge in [0.05, 0.1) is 5.52 Å². The van der Waals surface area contributed by atoms with Crippen LogP contribution < -0.4 is 5.32 Å². The second-order valence-corrected chi connectivity index (χ2v) is 4.73. The number of hydrogen-bond acceptors (Lipinski definition) is 4. The summed E-state index contributed by atoms with van der Waals surface area (Å²) in [7, 11) is 1.88. The lowest BCUT2D eigenvalue weighted by Crippen LogP contribution is -2.03. The molecule has 0 amide bonds. The number of hydrogen-bond donors (Lipinski definition) is 1. The number of benzene rings is 1. The third kappa shape index (κ3) is 1.99. The Balaban J connectivity index is 2.28. The lowest BCUT2D eigenvalue weighted by atomic mass is 10.1. The number of fused-ring (bicyclic) bond motifs is 1. The summed E-state index contributed by atoms with van der Waals surface area (Å²) in [5.74, 6) is 1.60. The van der Waals surface area contributed by atoms with Gasteiger partial charge in [-0.25, -0.2) is 9.97 Å². The molecule has 0 fully saturated rings. The Bertz CT molecular complexity index is 775. The van der Waals surface area contributed by atoms with Gasteiger partial charge in [0.1, 0.15) is 5.82 Å². The van der Waals surface area contributed by atoms with Crippen molar-refractivity contribution >= 4 is 16.7 Å². The molecule has 0 unspecified atom stereocenters. The lowest BCUT2D eigenvalue weighted by Gasteiger charge is -2.11. The SMILES string of the molecule is CNc1nc(-c2ccnc3ccccc23)nc(C)c1C. The van der Waals surface area contributed by atoms with Crippen LogP contribution in [0.5, 0.6) is 0 Å². The zero-order valence-electron chi connectivity index (χ0n) is 11.8. The number of aryl methyl sites for hydroxylation is 1. The molecule has 2 heterocycles. The molecule has 3 rings (SSSR count). The average Bonchev–Trinajstić information content (AvgIpc) is 2.49. The zero-order chi connectivity index (χ0) is 14.1. The van der Waals surface area contributed by atoms with Crippen LogP contribution in [0, 0.1) is 13.8 Å². The summed E-state index contributed by atoms with van der Waals surface area (Å²) in [6.07, 6.45) is 1.80. The highest BCUT2D eigenvalue weighted by Crippen LogP contribution is 2.27. The van der Waals surface area contributed by atoms with E-state index >= 15 is 0 Å². The Morgan fingerprint density at radius 1 is 1.00 bits per heavy atom. The van der Waals surface area contributed by atoms with E-state index < -0.39 is 0 Å². The fourth-order valence-corrected chi connectivity index (χ4v) is 2.28. The van der Waals surface area contributed by atoms with Crippen molar-refractivity contribution in [1.82, 2.24) is 15.0 Å². The summed E-state index contributed by atoms with van der Waals surface area (Å²) in [5, 5.41) is 4.20. The molecule has 100 valence electrons. The molecule has 0 radical (unpaired) electrons. The van der Waals surface area contributed by atoms with E-state index in [1.165, 1.54) is 0 Å². The molecular formula is C16H16N4. The molecule has 20 heavy (non-hydrogen) atoms. The van der Waals surface area contributed by atoms with E-state index in [-0.39, 0.29) is 0 Å². The first-order valence-corrected chi connectivity index (χ1v) is 6.58. The van der Waals surface area contributed by atoms with Gasteiger partial charge in [0.15, 0.2) is 5.82 Å². The van der Waals surface area contributed by atoms with Gasteiger partial charge in [-0.3, -0.25) is 4.98 Å². The zero-order valence-corrected chi connectivity index (χ0v) is 11.8. The topological polar surface area (TPSA) is 50.7 Å². The summed E-state index contributed by atoms with van der Waals surface area (Å²) < 4.78 is 0. The molecule has 0 aliphatic heterocycles. The lowest BCUT2D eigenvalue weighted by molar-refractivity contribution is 1.07. The highest BCUT2D eigenvalue weighted by atomic mass is 15.0. The van der Waals surface area contributed by atoms with E-state index in [0.717, 1.165) is 39.4 Å². The van der Waals surface area contributed by atoms with Gasteiger partial charge in [-0.15, -0.1) is 0 Å². The number of nitrogens with zero attached hydrogens (tertiary/aromatic N) is 3. The normalized spacial score (nSPS) is 10.8. The van der Waals surface area contributed by atoms with Gasteiger partial charge in [-0.1, -0.05) is 18.2 Å². The average molecular weight is 264 g/mol. The van der Waals surface area contributed by atoms with Crippen LogP contribution in [0.25, 0.3) is 22.3 Å². The second kappa shape index (κ2) is 4.89. The van der Waals surface area contributed by atoms with Crippen LogP contribution in [0.4, 0.5) is 5.82 Å². The van der Waals surface area contributed by atoms with Crippen molar-refractivity contribution in [1.29, 1.82) is 0 Å². The van der Waals surface area contributed by atoms with Crippen molar-refractivity contribution < 1.29 is 0 Å². The predicted molar refractivity (Wildman–Crippen MR) is 81.8 cm³/mol. The second-order valence-electron chi connectivity index (χ2n) is 4.73. The molecule has 1 N–H and O–H groups in total. The Kier molecular flexibility index (Phi) is 3.06. The fraction of sp³-hybridized carbons (Fsp3) is 0.188. The van der Waals surface area contributed by atoms with E-state index in [0.29, 0.717) is 0 Å². The van der Waals surface area contributed by atoms with Gasteiger partial charge in [0.2, 0.25) is 0 Å². The molecule has 0 saturated heterocycles. The third-order valence-electron chi connectivity index (χ3n) is 3.52. The highest BCUT2D eigenvalue weighted by Gasteiger charge is 2.11. The van der Waals surface area contributed by atoms with Crippen molar-refractivity contribution in [2.24, 2.45) is 0 Å². The maximum absolute atomic E-state index is 4.62. The minimum absolute atomic E-state index is 0.732. The number of para-hydroxylation sites is 1. The van der Waals surface area contributed by atoms with Crippen LogP contribution in [0.2, 0.25) is 0 Å². The molecule has 2 aromatic heterocycles. The Morgan fingerprint density at radius 2 is 1.80 bits per heavy atom. The number of anilines is 1. The summed E-state index contributed by atoms with van der Waals surface area (Å²) >= 11 is 0. The maximum Gasteiger partial charge on any atom is 0.162 e. The van der Waals surface area contributed by atoms with Gasteiger partial charge in [0, 0.05) is 35.5 Å². The largest absolute Gasteiger partial charge is 0.373 e. The number of rotatable bonds is 2. The molecule has 0 bridgehead atoms. The summed E-state index contributed by atoms with van der Waals surface area (Å²) in [5.41, 5.74) is 4.03.